The van der Waals surface area contributed by atoms with Gasteiger partial charge in [0.05, 0.1) is 6.20 Å². The molecular formula is C9H11N3O2S. The summed E-state index contributed by atoms with van der Waals surface area (Å²) >= 11 is 1.44. The van der Waals surface area contributed by atoms with E-state index in [1.54, 1.807) is 6.20 Å². The van der Waals surface area contributed by atoms with Crippen LogP contribution in [0.2, 0.25) is 0 Å². The number of nitrogen functional groups attached to an aromatic ring is 1. The smallest absolute Gasteiger partial charge is 0.407 e. The molecule has 0 saturated carbocycles. The molecule has 2 rings (SSSR count). The molecule has 0 radical (unpaired) electrons. The van der Waals surface area contributed by atoms with Crippen molar-refractivity contribution in [3.8, 4) is 0 Å². The van der Waals surface area contributed by atoms with Crippen LogP contribution in [0.3, 0.4) is 0 Å². The van der Waals surface area contributed by atoms with Gasteiger partial charge in [-0.15, -0.1) is 0 Å². The van der Waals surface area contributed by atoms with Gasteiger partial charge in [-0.1, -0.05) is 17.4 Å². The van der Waals surface area contributed by atoms with E-state index in [2.05, 4.69) is 4.98 Å². The number of nitrogens with zero attached hydrogens (tertiary/aromatic N) is 2. The number of thiazole rings is 1. The van der Waals surface area contributed by atoms with Gasteiger partial charge in [-0.05, 0) is 12.0 Å². The normalized spacial score (nSPS) is 16.3. The van der Waals surface area contributed by atoms with Gasteiger partial charge in [-0.2, -0.15) is 0 Å². The molecule has 0 unspecified atom stereocenters. The van der Waals surface area contributed by atoms with Gasteiger partial charge < -0.3 is 15.7 Å². The molecule has 1 aliphatic rings. The van der Waals surface area contributed by atoms with Crippen molar-refractivity contribution < 1.29 is 9.90 Å². The second-order valence-corrected chi connectivity index (χ2v) is 4.34. The lowest BCUT2D eigenvalue weighted by Crippen LogP contribution is -2.33. The summed E-state index contributed by atoms with van der Waals surface area (Å²) in [4.78, 5) is 16.2. The number of nitrogens with two attached hydrogens (primary N) is 1. The van der Waals surface area contributed by atoms with Crippen LogP contribution >= 0.6 is 11.3 Å². The standard InChI is InChI=1S/C9H11N3O2S/c10-7-5-11-8(15-7)6-1-3-12(4-2-6)9(13)14/h1,5H,2-4,10H2,(H,13,14). The molecule has 2 heterocycles. The molecule has 0 aliphatic carbocycles. The highest BCUT2D eigenvalue weighted by Crippen LogP contribution is 2.27. The number of aromatic nitrogens is 1. The fraction of sp³-hybridized carbons (Fsp3) is 0.333. The molecule has 0 atom stereocenters. The summed E-state index contributed by atoms with van der Waals surface area (Å²) < 4.78 is 0. The Morgan fingerprint density at radius 2 is 2.47 bits per heavy atom. The molecule has 6 heteroatoms. The van der Waals surface area contributed by atoms with E-state index in [0.717, 1.165) is 10.6 Å². The zero-order valence-electron chi connectivity index (χ0n) is 8.01. The van der Waals surface area contributed by atoms with Gasteiger partial charge in [0.25, 0.3) is 0 Å². The number of hydrogen-bond acceptors (Lipinski definition) is 4. The van der Waals surface area contributed by atoms with Crippen molar-refractivity contribution in [2.24, 2.45) is 0 Å². The van der Waals surface area contributed by atoms with Crippen LogP contribution in [0.4, 0.5) is 9.80 Å². The fourth-order valence-corrected chi connectivity index (χ4v) is 2.22. The molecule has 0 bridgehead atoms. The van der Waals surface area contributed by atoms with Crippen molar-refractivity contribution in [1.29, 1.82) is 0 Å². The third kappa shape index (κ3) is 2.10. The van der Waals surface area contributed by atoms with Crippen molar-refractivity contribution in [2.45, 2.75) is 6.42 Å². The zero-order chi connectivity index (χ0) is 10.8. The Morgan fingerprint density at radius 1 is 1.67 bits per heavy atom. The van der Waals surface area contributed by atoms with Gasteiger partial charge in [-0.3, -0.25) is 0 Å². The second kappa shape index (κ2) is 3.90. The van der Waals surface area contributed by atoms with Crippen molar-refractivity contribution in [2.75, 3.05) is 18.8 Å². The first kappa shape index (κ1) is 9.97. The Balaban J connectivity index is 2.11. The van der Waals surface area contributed by atoms with Gasteiger partial charge in [-0.25, -0.2) is 9.78 Å². The van der Waals surface area contributed by atoms with E-state index in [1.807, 2.05) is 6.08 Å². The molecule has 15 heavy (non-hydrogen) atoms. The summed E-state index contributed by atoms with van der Waals surface area (Å²) in [6.45, 7) is 0.963. The topological polar surface area (TPSA) is 79.5 Å². The molecule has 0 saturated heterocycles. The minimum Gasteiger partial charge on any atom is -0.465 e. The highest BCUT2D eigenvalue weighted by atomic mass is 32.1. The van der Waals surface area contributed by atoms with Crippen LogP contribution in [0.15, 0.2) is 12.3 Å². The number of hydrogen-bond donors (Lipinski definition) is 2. The summed E-state index contributed by atoms with van der Waals surface area (Å²) in [6.07, 6.45) is 3.36. The van der Waals surface area contributed by atoms with Gasteiger partial charge in [0.2, 0.25) is 0 Å². The highest BCUT2D eigenvalue weighted by molar-refractivity contribution is 7.16. The van der Waals surface area contributed by atoms with Crippen LogP contribution in [0.1, 0.15) is 11.4 Å². The zero-order valence-corrected chi connectivity index (χ0v) is 8.83. The summed E-state index contributed by atoms with van der Waals surface area (Å²) in [5.41, 5.74) is 6.68. The first-order valence-corrected chi connectivity index (χ1v) is 5.37. The minimum atomic E-state index is -0.871. The monoisotopic (exact) mass is 225 g/mol. The molecule has 0 fully saturated rings. The lowest BCUT2D eigenvalue weighted by molar-refractivity contribution is 0.150. The summed E-state index contributed by atoms with van der Waals surface area (Å²) in [5, 5.41) is 10.3. The number of amides is 1. The third-order valence-corrected chi connectivity index (χ3v) is 3.18. The minimum absolute atomic E-state index is 0.435. The quantitative estimate of drug-likeness (QED) is 0.759. The van der Waals surface area contributed by atoms with Gasteiger partial charge in [0.1, 0.15) is 10.0 Å². The maximum atomic E-state index is 10.7. The third-order valence-electron chi connectivity index (χ3n) is 2.28. The van der Waals surface area contributed by atoms with Gasteiger partial charge in [0.15, 0.2) is 0 Å². The van der Waals surface area contributed by atoms with Crippen molar-refractivity contribution in [3.05, 3.63) is 17.3 Å². The number of anilines is 1. The van der Waals surface area contributed by atoms with Gasteiger partial charge in [0, 0.05) is 13.1 Å². The Labute approximate surface area is 90.8 Å². The summed E-state index contributed by atoms with van der Waals surface area (Å²) in [5.74, 6) is 0. The summed E-state index contributed by atoms with van der Waals surface area (Å²) in [6, 6.07) is 0. The SMILES string of the molecule is Nc1cnc(C2=CCN(C(=O)O)CC2)s1. The molecule has 5 nitrogen and oxygen atoms in total. The van der Waals surface area contributed by atoms with E-state index < -0.39 is 6.09 Å². The average molecular weight is 225 g/mol. The van der Waals surface area contributed by atoms with Gasteiger partial charge >= 0.3 is 6.09 Å². The van der Waals surface area contributed by atoms with Crippen LogP contribution in [0, 0.1) is 0 Å². The number of carboxylic acid groups (broad SMARTS) is 1. The molecule has 1 aromatic rings. The molecular weight excluding hydrogens is 214 g/mol. The van der Waals surface area contributed by atoms with E-state index >= 15 is 0 Å². The largest absolute Gasteiger partial charge is 0.465 e. The summed E-state index contributed by atoms with van der Waals surface area (Å²) in [7, 11) is 0. The Morgan fingerprint density at radius 3 is 2.93 bits per heavy atom. The molecule has 0 spiro atoms. The molecule has 80 valence electrons. The number of carbonyl (C=O) groups is 1. The van der Waals surface area contributed by atoms with Crippen molar-refractivity contribution >= 4 is 28.0 Å². The van der Waals surface area contributed by atoms with Crippen LogP contribution in [0.25, 0.3) is 5.57 Å². The molecule has 0 aromatic carbocycles. The first-order chi connectivity index (χ1) is 7.16. The molecule has 1 aromatic heterocycles. The van der Waals surface area contributed by atoms with E-state index in [0.29, 0.717) is 24.5 Å². The maximum absolute atomic E-state index is 10.7. The Bertz CT molecular complexity index is 413. The number of rotatable bonds is 1. The predicted molar refractivity (Wildman–Crippen MR) is 58.7 cm³/mol. The second-order valence-electron chi connectivity index (χ2n) is 3.28. The molecule has 3 N–H and O–H groups in total. The van der Waals surface area contributed by atoms with Crippen LogP contribution < -0.4 is 5.73 Å². The maximum Gasteiger partial charge on any atom is 0.407 e. The van der Waals surface area contributed by atoms with Crippen molar-refractivity contribution in [1.82, 2.24) is 9.88 Å². The van der Waals surface area contributed by atoms with E-state index in [9.17, 15) is 4.79 Å². The van der Waals surface area contributed by atoms with Crippen LogP contribution in [0.5, 0.6) is 0 Å². The lowest BCUT2D eigenvalue weighted by Gasteiger charge is -2.22. The van der Waals surface area contributed by atoms with Crippen LogP contribution in [-0.4, -0.2) is 34.2 Å². The van der Waals surface area contributed by atoms with Crippen LogP contribution in [-0.2, 0) is 0 Å². The Kier molecular flexibility index (Phi) is 2.59. The lowest BCUT2D eigenvalue weighted by atomic mass is 10.1. The van der Waals surface area contributed by atoms with E-state index in [1.165, 1.54) is 16.2 Å². The highest BCUT2D eigenvalue weighted by Gasteiger charge is 2.17. The van der Waals surface area contributed by atoms with E-state index in [-0.39, 0.29) is 0 Å². The average Bonchev–Trinajstić information content (AvgIpc) is 2.65. The Hall–Kier alpha value is -1.56. The first-order valence-electron chi connectivity index (χ1n) is 4.55. The molecule has 1 aliphatic heterocycles. The van der Waals surface area contributed by atoms with E-state index in [4.69, 9.17) is 10.8 Å². The predicted octanol–water partition coefficient (Wildman–Crippen LogP) is 1.49. The molecule has 1 amide bonds. The fourth-order valence-electron chi connectivity index (χ4n) is 1.47. The van der Waals surface area contributed by atoms with Crippen molar-refractivity contribution in [3.63, 3.8) is 0 Å².